The maximum Gasteiger partial charge on any atom is 0.261 e. The Kier molecular flexibility index (Phi) is 12.5. The summed E-state index contributed by atoms with van der Waals surface area (Å²) in [4.78, 5) is 28.2. The lowest BCUT2D eigenvalue weighted by Gasteiger charge is -2.30. The van der Waals surface area contributed by atoms with E-state index in [1.165, 1.54) is 4.90 Å². The first-order valence-corrected chi connectivity index (χ1v) is 14.0. The van der Waals surface area contributed by atoms with Gasteiger partial charge in [0.05, 0.1) is 30.4 Å². The number of benzene rings is 2. The number of hydrogen-bond donors (Lipinski definition) is 5. The molecule has 2 aromatic carbocycles. The highest BCUT2D eigenvalue weighted by Crippen LogP contribution is 2.22. The molecule has 0 bridgehead atoms. The van der Waals surface area contributed by atoms with Crippen molar-refractivity contribution in [1.82, 2.24) is 9.80 Å². The van der Waals surface area contributed by atoms with Gasteiger partial charge in [0, 0.05) is 13.1 Å². The summed E-state index contributed by atoms with van der Waals surface area (Å²) >= 11 is 0. The van der Waals surface area contributed by atoms with Crippen LogP contribution in [0.15, 0.2) is 48.5 Å². The summed E-state index contributed by atoms with van der Waals surface area (Å²) in [5.74, 6) is -0.00205. The molecule has 0 fully saturated rings. The van der Waals surface area contributed by atoms with Crippen LogP contribution in [0.4, 0.5) is 0 Å². The number of rotatable bonds is 18. The lowest BCUT2D eigenvalue weighted by atomic mass is 10.0. The van der Waals surface area contributed by atoms with Gasteiger partial charge >= 0.3 is 0 Å². The zero-order valence-electron chi connectivity index (χ0n) is 23.1. The molecule has 0 unspecified atom stereocenters. The molecule has 10 nitrogen and oxygen atoms in total. The van der Waals surface area contributed by atoms with E-state index in [4.69, 9.17) is 9.84 Å². The number of carbonyl (C=O) groups excluding carboxylic acids is 2. The largest absolute Gasteiger partial charge is 0.492 e. The fourth-order valence-electron chi connectivity index (χ4n) is 4.73. The van der Waals surface area contributed by atoms with Crippen molar-refractivity contribution < 1.29 is 39.9 Å². The van der Waals surface area contributed by atoms with Crippen molar-refractivity contribution in [2.24, 2.45) is 0 Å². The van der Waals surface area contributed by atoms with Crippen LogP contribution in [0, 0.1) is 0 Å². The molecule has 40 heavy (non-hydrogen) atoms. The van der Waals surface area contributed by atoms with Gasteiger partial charge in [0.2, 0.25) is 0 Å². The lowest BCUT2D eigenvalue weighted by Crippen LogP contribution is -2.50. The van der Waals surface area contributed by atoms with Gasteiger partial charge in [-0.25, -0.2) is 0 Å². The molecular weight excluding hydrogens is 516 g/mol. The van der Waals surface area contributed by atoms with E-state index < -0.39 is 31.0 Å². The second-order valence-corrected chi connectivity index (χ2v) is 10.2. The second kappa shape index (κ2) is 15.8. The quantitative estimate of drug-likeness (QED) is 0.134. The molecule has 5 N–H and O–H groups in total. The van der Waals surface area contributed by atoms with E-state index in [1.807, 2.05) is 29.2 Å². The zero-order valence-corrected chi connectivity index (χ0v) is 23.1. The smallest absolute Gasteiger partial charge is 0.261 e. The summed E-state index contributed by atoms with van der Waals surface area (Å²) in [6, 6.07) is 14.3. The summed E-state index contributed by atoms with van der Waals surface area (Å²) in [5, 5.41) is 49.3. The minimum absolute atomic E-state index is 0.113. The SMILES string of the molecule is CCCCCCN(CCc1ccc(OCCN2C(=O)c3ccccc3C2=O)cc1)C[C@H](O)[C@@H](O)[C@H](O)[C@H](O)CO. The molecule has 1 aliphatic heterocycles. The zero-order chi connectivity index (χ0) is 29.1. The van der Waals surface area contributed by atoms with Crippen LogP contribution in [0.5, 0.6) is 5.75 Å². The minimum Gasteiger partial charge on any atom is -0.492 e. The van der Waals surface area contributed by atoms with Crippen LogP contribution in [-0.2, 0) is 6.42 Å². The maximum absolute atomic E-state index is 12.5. The Morgan fingerprint density at radius 1 is 0.825 bits per heavy atom. The van der Waals surface area contributed by atoms with E-state index in [9.17, 15) is 30.0 Å². The van der Waals surface area contributed by atoms with Gasteiger partial charge in [-0.2, -0.15) is 0 Å². The molecule has 10 heteroatoms. The van der Waals surface area contributed by atoms with Crippen molar-refractivity contribution >= 4 is 11.8 Å². The van der Waals surface area contributed by atoms with Crippen molar-refractivity contribution in [3.05, 3.63) is 65.2 Å². The number of unbranched alkanes of at least 4 members (excludes halogenated alkanes) is 3. The molecule has 0 saturated carbocycles. The van der Waals surface area contributed by atoms with Crippen LogP contribution >= 0.6 is 0 Å². The topological polar surface area (TPSA) is 151 Å². The van der Waals surface area contributed by atoms with E-state index in [2.05, 4.69) is 6.92 Å². The highest BCUT2D eigenvalue weighted by Gasteiger charge is 2.35. The van der Waals surface area contributed by atoms with Crippen molar-refractivity contribution in [1.29, 1.82) is 0 Å². The van der Waals surface area contributed by atoms with Crippen LogP contribution in [0.3, 0.4) is 0 Å². The summed E-state index contributed by atoms with van der Waals surface area (Å²) in [6.45, 7) is 3.17. The van der Waals surface area contributed by atoms with Gasteiger partial charge in [0.25, 0.3) is 11.8 Å². The Labute approximate surface area is 235 Å². The lowest BCUT2D eigenvalue weighted by molar-refractivity contribution is -0.119. The number of ether oxygens (including phenoxy) is 1. The molecule has 2 amide bonds. The average molecular weight is 559 g/mol. The van der Waals surface area contributed by atoms with Crippen molar-refractivity contribution in [3.63, 3.8) is 0 Å². The highest BCUT2D eigenvalue weighted by molar-refractivity contribution is 6.21. The predicted molar refractivity (Wildman–Crippen MR) is 149 cm³/mol. The molecule has 3 rings (SSSR count). The molecule has 0 aliphatic carbocycles. The van der Waals surface area contributed by atoms with Crippen molar-refractivity contribution in [2.75, 3.05) is 39.4 Å². The number of fused-ring (bicyclic) bond motifs is 1. The molecule has 0 saturated heterocycles. The van der Waals surface area contributed by atoms with Crippen LogP contribution in [-0.4, -0.2) is 111 Å². The monoisotopic (exact) mass is 558 g/mol. The van der Waals surface area contributed by atoms with Crippen LogP contribution in [0.25, 0.3) is 0 Å². The Balaban J connectivity index is 1.49. The maximum atomic E-state index is 12.5. The number of hydrogen-bond acceptors (Lipinski definition) is 9. The Bertz CT molecular complexity index is 1040. The first kappa shape index (κ1) is 31.7. The molecule has 4 atom stereocenters. The summed E-state index contributed by atoms with van der Waals surface area (Å²) in [6.07, 6.45) is -1.20. The van der Waals surface area contributed by atoms with Crippen LogP contribution in [0.1, 0.15) is 58.9 Å². The summed E-state index contributed by atoms with van der Waals surface area (Å²) in [7, 11) is 0. The number of imide groups is 1. The number of carbonyl (C=O) groups is 2. The van der Waals surface area contributed by atoms with Gasteiger partial charge in [0.1, 0.15) is 30.7 Å². The molecule has 0 spiro atoms. The van der Waals surface area contributed by atoms with E-state index in [-0.39, 0.29) is 31.5 Å². The third kappa shape index (κ3) is 8.57. The number of aliphatic hydroxyl groups excluding tert-OH is 5. The number of nitrogens with zero attached hydrogens (tertiary/aromatic N) is 2. The predicted octanol–water partition coefficient (Wildman–Crippen LogP) is 1.22. The fourth-order valence-corrected chi connectivity index (χ4v) is 4.73. The van der Waals surface area contributed by atoms with Gasteiger partial charge < -0.3 is 35.2 Å². The number of aliphatic hydroxyl groups is 5. The van der Waals surface area contributed by atoms with Gasteiger partial charge in [0.15, 0.2) is 0 Å². The average Bonchev–Trinajstić information content (AvgIpc) is 3.22. The molecule has 0 aromatic heterocycles. The van der Waals surface area contributed by atoms with Gasteiger partial charge in [-0.1, -0.05) is 50.5 Å². The molecule has 220 valence electrons. The fraction of sp³-hybridized carbons (Fsp3) is 0.533. The second-order valence-electron chi connectivity index (χ2n) is 10.2. The van der Waals surface area contributed by atoms with E-state index in [0.717, 1.165) is 31.2 Å². The van der Waals surface area contributed by atoms with E-state index >= 15 is 0 Å². The minimum atomic E-state index is -1.65. The first-order valence-electron chi connectivity index (χ1n) is 14.0. The van der Waals surface area contributed by atoms with Crippen molar-refractivity contribution in [2.45, 2.75) is 63.4 Å². The third-order valence-corrected chi connectivity index (χ3v) is 7.20. The molecule has 0 radical (unpaired) electrons. The standard InChI is InChI=1S/C30H42N2O8/c1-2-3-4-7-15-31(19-25(34)27(36)28(37)26(35)20-33)16-14-21-10-12-22(13-11-21)40-18-17-32-29(38)23-8-5-6-9-24(23)30(32)39/h5-6,8-13,25-28,33-37H,2-4,7,14-20H2,1H3/t25-,26+,27+,28+/m0/s1. The van der Waals surface area contributed by atoms with Gasteiger partial charge in [-0.3, -0.25) is 14.5 Å². The third-order valence-electron chi connectivity index (χ3n) is 7.20. The van der Waals surface area contributed by atoms with E-state index in [1.54, 1.807) is 24.3 Å². The molecular formula is C30H42N2O8. The summed E-state index contributed by atoms with van der Waals surface area (Å²) < 4.78 is 5.77. The van der Waals surface area contributed by atoms with Crippen molar-refractivity contribution in [3.8, 4) is 5.75 Å². The van der Waals surface area contributed by atoms with E-state index in [0.29, 0.717) is 36.4 Å². The number of amides is 2. The Morgan fingerprint density at radius 2 is 1.45 bits per heavy atom. The normalized spacial score (nSPS) is 16.2. The van der Waals surface area contributed by atoms with Crippen LogP contribution in [0.2, 0.25) is 0 Å². The summed E-state index contributed by atoms with van der Waals surface area (Å²) in [5.41, 5.74) is 1.87. The first-order chi connectivity index (χ1) is 19.3. The van der Waals surface area contributed by atoms with Gasteiger partial charge in [-0.05, 0) is 49.2 Å². The van der Waals surface area contributed by atoms with Gasteiger partial charge in [-0.15, -0.1) is 0 Å². The highest BCUT2D eigenvalue weighted by atomic mass is 16.5. The Hall–Kier alpha value is -2.86. The molecule has 2 aromatic rings. The Morgan fingerprint density at radius 3 is 2.05 bits per heavy atom. The molecule has 1 aliphatic rings. The molecule has 1 heterocycles. The van der Waals surface area contributed by atoms with Crippen LogP contribution < -0.4 is 4.74 Å².